The summed E-state index contributed by atoms with van der Waals surface area (Å²) in [5.74, 6) is -0.638. The molecular weight excluding hydrogens is 212 g/mol. The number of benzene rings is 1. The lowest BCUT2D eigenvalue weighted by Crippen LogP contribution is -2.45. The van der Waals surface area contributed by atoms with Crippen molar-refractivity contribution in [2.24, 2.45) is 5.73 Å². The molecule has 1 rings (SSSR count). The zero-order valence-corrected chi connectivity index (χ0v) is 8.38. The first-order chi connectivity index (χ1) is 7.49. The SMILES string of the molecule is NC(=O)[C@H](Cc1ccc(O)cc1)NC(=O)O. The van der Waals surface area contributed by atoms with Crippen LogP contribution in [0, 0.1) is 0 Å². The van der Waals surface area contributed by atoms with Crippen molar-refractivity contribution in [1.82, 2.24) is 5.32 Å². The van der Waals surface area contributed by atoms with Crippen molar-refractivity contribution in [3.63, 3.8) is 0 Å². The quantitative estimate of drug-likeness (QED) is 0.579. The standard InChI is InChI=1S/C10H12N2O4/c11-9(14)8(12-10(15)16)5-6-1-3-7(13)4-2-6/h1-4,8,12-13H,5H2,(H2,11,14)(H,15,16)/t8-/m0/s1. The number of nitrogens with one attached hydrogen (secondary N) is 1. The van der Waals surface area contributed by atoms with E-state index in [0.29, 0.717) is 5.56 Å². The Hall–Kier alpha value is -2.24. The van der Waals surface area contributed by atoms with Gasteiger partial charge in [0.2, 0.25) is 5.91 Å². The summed E-state index contributed by atoms with van der Waals surface area (Å²) in [4.78, 5) is 21.4. The molecule has 0 saturated heterocycles. The van der Waals surface area contributed by atoms with E-state index in [1.54, 1.807) is 12.1 Å². The number of hydrogen-bond donors (Lipinski definition) is 4. The van der Waals surface area contributed by atoms with Crippen molar-refractivity contribution in [3.05, 3.63) is 29.8 Å². The Kier molecular flexibility index (Phi) is 3.71. The van der Waals surface area contributed by atoms with Crippen molar-refractivity contribution in [3.8, 4) is 5.75 Å². The van der Waals surface area contributed by atoms with Crippen LogP contribution in [-0.2, 0) is 11.2 Å². The van der Waals surface area contributed by atoms with E-state index >= 15 is 0 Å². The topological polar surface area (TPSA) is 113 Å². The molecule has 0 aromatic heterocycles. The molecule has 2 amide bonds. The number of carbonyl (C=O) groups excluding carboxylic acids is 1. The first kappa shape index (κ1) is 11.8. The summed E-state index contributed by atoms with van der Waals surface area (Å²) < 4.78 is 0. The lowest BCUT2D eigenvalue weighted by Gasteiger charge is -2.12. The van der Waals surface area contributed by atoms with E-state index in [-0.39, 0.29) is 12.2 Å². The van der Waals surface area contributed by atoms with Crippen molar-refractivity contribution in [2.45, 2.75) is 12.5 Å². The smallest absolute Gasteiger partial charge is 0.405 e. The molecule has 0 heterocycles. The minimum atomic E-state index is -1.30. The van der Waals surface area contributed by atoms with Gasteiger partial charge < -0.3 is 21.3 Å². The average molecular weight is 224 g/mol. The Balaban J connectivity index is 2.71. The fourth-order valence-electron chi connectivity index (χ4n) is 1.24. The molecule has 0 radical (unpaired) electrons. The van der Waals surface area contributed by atoms with Gasteiger partial charge in [-0.15, -0.1) is 0 Å². The monoisotopic (exact) mass is 224 g/mol. The number of primary amides is 1. The highest BCUT2D eigenvalue weighted by molar-refractivity contribution is 5.84. The Bertz CT molecular complexity index is 388. The van der Waals surface area contributed by atoms with E-state index in [1.165, 1.54) is 12.1 Å². The summed E-state index contributed by atoms with van der Waals surface area (Å²) in [5.41, 5.74) is 5.75. The highest BCUT2D eigenvalue weighted by Crippen LogP contribution is 2.11. The fourth-order valence-corrected chi connectivity index (χ4v) is 1.24. The molecule has 16 heavy (non-hydrogen) atoms. The van der Waals surface area contributed by atoms with Crippen LogP contribution in [0.4, 0.5) is 4.79 Å². The van der Waals surface area contributed by atoms with Gasteiger partial charge in [-0.25, -0.2) is 4.79 Å². The largest absolute Gasteiger partial charge is 0.508 e. The molecule has 0 fully saturated rings. The third-order valence-corrected chi connectivity index (χ3v) is 2.02. The number of hydrogen-bond acceptors (Lipinski definition) is 3. The molecule has 0 aliphatic heterocycles. The van der Waals surface area contributed by atoms with Crippen LogP contribution in [0.1, 0.15) is 5.56 Å². The van der Waals surface area contributed by atoms with Crippen LogP contribution in [-0.4, -0.2) is 28.3 Å². The number of amides is 2. The van der Waals surface area contributed by atoms with Gasteiger partial charge >= 0.3 is 6.09 Å². The molecule has 1 aromatic carbocycles. The van der Waals surface area contributed by atoms with E-state index in [2.05, 4.69) is 0 Å². The van der Waals surface area contributed by atoms with Gasteiger partial charge in [0.15, 0.2) is 0 Å². The summed E-state index contributed by atoms with van der Waals surface area (Å²) in [6.45, 7) is 0. The molecule has 5 N–H and O–H groups in total. The van der Waals surface area contributed by atoms with Gasteiger partial charge in [-0.3, -0.25) is 4.79 Å². The molecule has 0 unspecified atom stereocenters. The van der Waals surface area contributed by atoms with Crippen LogP contribution >= 0.6 is 0 Å². The number of rotatable bonds is 4. The molecule has 1 aromatic rings. The molecule has 6 heteroatoms. The van der Waals surface area contributed by atoms with Crippen LogP contribution in [0.3, 0.4) is 0 Å². The van der Waals surface area contributed by atoms with E-state index in [0.717, 1.165) is 0 Å². The number of carbonyl (C=O) groups is 2. The second-order valence-corrected chi connectivity index (χ2v) is 3.28. The second-order valence-electron chi connectivity index (χ2n) is 3.28. The molecular formula is C10H12N2O4. The summed E-state index contributed by atoms with van der Waals surface area (Å²) >= 11 is 0. The first-order valence-electron chi connectivity index (χ1n) is 4.55. The van der Waals surface area contributed by atoms with Crippen LogP contribution in [0.5, 0.6) is 5.75 Å². The van der Waals surface area contributed by atoms with Gasteiger partial charge in [-0.2, -0.15) is 0 Å². The maximum absolute atomic E-state index is 11.0. The first-order valence-corrected chi connectivity index (χ1v) is 4.55. The molecule has 0 aliphatic rings. The zero-order valence-electron chi connectivity index (χ0n) is 8.38. The van der Waals surface area contributed by atoms with Crippen LogP contribution < -0.4 is 11.1 Å². The molecule has 0 bridgehead atoms. The van der Waals surface area contributed by atoms with Crippen molar-refractivity contribution in [2.75, 3.05) is 0 Å². The summed E-state index contributed by atoms with van der Waals surface area (Å²) in [7, 11) is 0. The Morgan fingerprint density at radius 2 is 1.88 bits per heavy atom. The number of phenols is 1. The third kappa shape index (κ3) is 3.49. The van der Waals surface area contributed by atoms with Crippen molar-refractivity contribution >= 4 is 12.0 Å². The molecule has 6 nitrogen and oxygen atoms in total. The number of carboxylic acid groups (broad SMARTS) is 1. The van der Waals surface area contributed by atoms with Gasteiger partial charge in [0.1, 0.15) is 11.8 Å². The highest BCUT2D eigenvalue weighted by atomic mass is 16.4. The minimum absolute atomic E-state index is 0.102. The zero-order chi connectivity index (χ0) is 12.1. The predicted molar refractivity (Wildman–Crippen MR) is 56.0 cm³/mol. The summed E-state index contributed by atoms with van der Waals surface area (Å²) in [5, 5.41) is 19.6. The van der Waals surface area contributed by atoms with Crippen LogP contribution in [0.2, 0.25) is 0 Å². The molecule has 86 valence electrons. The average Bonchev–Trinajstić information content (AvgIpc) is 2.19. The summed E-state index contributed by atoms with van der Waals surface area (Å²) in [6.07, 6.45) is -1.15. The maximum atomic E-state index is 11.0. The second kappa shape index (κ2) is 5.01. The molecule has 0 spiro atoms. The Morgan fingerprint density at radius 3 is 2.31 bits per heavy atom. The van der Waals surface area contributed by atoms with Gasteiger partial charge in [0, 0.05) is 6.42 Å². The van der Waals surface area contributed by atoms with E-state index < -0.39 is 18.0 Å². The highest BCUT2D eigenvalue weighted by Gasteiger charge is 2.17. The van der Waals surface area contributed by atoms with E-state index in [9.17, 15) is 9.59 Å². The molecule has 0 saturated carbocycles. The third-order valence-electron chi connectivity index (χ3n) is 2.02. The lowest BCUT2D eigenvalue weighted by atomic mass is 10.1. The van der Waals surface area contributed by atoms with Gasteiger partial charge in [-0.1, -0.05) is 12.1 Å². The fraction of sp³-hybridized carbons (Fsp3) is 0.200. The van der Waals surface area contributed by atoms with Crippen molar-refractivity contribution in [1.29, 1.82) is 0 Å². The van der Waals surface area contributed by atoms with E-state index in [1.807, 2.05) is 5.32 Å². The number of nitrogens with two attached hydrogens (primary N) is 1. The van der Waals surface area contributed by atoms with Gasteiger partial charge in [-0.05, 0) is 17.7 Å². The normalized spacial score (nSPS) is 11.8. The van der Waals surface area contributed by atoms with Crippen molar-refractivity contribution < 1.29 is 19.8 Å². The van der Waals surface area contributed by atoms with Crippen LogP contribution in [0.25, 0.3) is 0 Å². The molecule has 1 atom stereocenters. The maximum Gasteiger partial charge on any atom is 0.405 e. The lowest BCUT2D eigenvalue weighted by molar-refractivity contribution is -0.119. The predicted octanol–water partition coefficient (Wildman–Crippen LogP) is 0.0562. The Morgan fingerprint density at radius 1 is 1.31 bits per heavy atom. The number of aromatic hydroxyl groups is 1. The Labute approximate surface area is 91.7 Å². The van der Waals surface area contributed by atoms with E-state index in [4.69, 9.17) is 15.9 Å². The minimum Gasteiger partial charge on any atom is -0.508 e. The van der Waals surface area contributed by atoms with Gasteiger partial charge in [0.05, 0.1) is 0 Å². The number of phenolic OH excluding ortho intramolecular Hbond substituents is 1. The van der Waals surface area contributed by atoms with Crippen LogP contribution in [0.15, 0.2) is 24.3 Å². The molecule has 0 aliphatic carbocycles. The summed E-state index contributed by atoms with van der Waals surface area (Å²) in [6, 6.07) is 5.12. The van der Waals surface area contributed by atoms with Gasteiger partial charge in [0.25, 0.3) is 0 Å².